The van der Waals surface area contributed by atoms with Gasteiger partial charge in [0.2, 0.25) is 5.91 Å². The SMILES string of the molecule is N#CCNC(=O)C(CSCc1ccccc1)NC(=O)c1cnc2ccccc2c1. The van der Waals surface area contributed by atoms with Crippen molar-refractivity contribution in [2.24, 2.45) is 0 Å². The summed E-state index contributed by atoms with van der Waals surface area (Å²) in [4.78, 5) is 29.4. The van der Waals surface area contributed by atoms with Crippen LogP contribution in [0.5, 0.6) is 0 Å². The fourth-order valence-corrected chi connectivity index (χ4v) is 3.75. The van der Waals surface area contributed by atoms with Crippen LogP contribution >= 0.6 is 11.8 Å². The number of nitrogens with one attached hydrogen (secondary N) is 2. The van der Waals surface area contributed by atoms with Gasteiger partial charge in [-0.2, -0.15) is 17.0 Å². The molecule has 0 aliphatic rings. The summed E-state index contributed by atoms with van der Waals surface area (Å²) >= 11 is 1.54. The van der Waals surface area contributed by atoms with E-state index in [4.69, 9.17) is 5.26 Å². The normalized spacial score (nSPS) is 11.4. The van der Waals surface area contributed by atoms with Gasteiger partial charge in [0.1, 0.15) is 12.6 Å². The van der Waals surface area contributed by atoms with Crippen LogP contribution in [0.4, 0.5) is 0 Å². The van der Waals surface area contributed by atoms with Crippen LogP contribution in [-0.2, 0) is 10.5 Å². The number of carbonyl (C=O) groups excluding carboxylic acids is 2. The molecule has 1 atom stereocenters. The number of carbonyl (C=O) groups is 2. The van der Waals surface area contributed by atoms with E-state index in [1.807, 2.05) is 60.7 Å². The lowest BCUT2D eigenvalue weighted by Gasteiger charge is -2.17. The summed E-state index contributed by atoms with van der Waals surface area (Å²) in [6.07, 6.45) is 1.50. The zero-order valence-corrected chi connectivity index (χ0v) is 16.5. The average Bonchev–Trinajstić information content (AvgIpc) is 2.77. The number of fused-ring (bicyclic) bond motifs is 1. The van der Waals surface area contributed by atoms with E-state index in [1.165, 1.54) is 6.20 Å². The van der Waals surface area contributed by atoms with Gasteiger partial charge in [-0.1, -0.05) is 48.5 Å². The number of thioether (sulfide) groups is 1. The molecule has 1 unspecified atom stereocenters. The molecule has 146 valence electrons. The lowest BCUT2D eigenvalue weighted by molar-refractivity contribution is -0.122. The van der Waals surface area contributed by atoms with Gasteiger partial charge >= 0.3 is 0 Å². The molecule has 0 aliphatic heterocycles. The minimum atomic E-state index is -0.754. The van der Waals surface area contributed by atoms with Crippen LogP contribution in [0.2, 0.25) is 0 Å². The summed E-state index contributed by atoms with van der Waals surface area (Å²) in [5.74, 6) is 0.352. The number of amides is 2. The molecule has 0 saturated heterocycles. The van der Waals surface area contributed by atoms with Gasteiger partial charge in [-0.25, -0.2) is 0 Å². The molecule has 0 fully saturated rings. The van der Waals surface area contributed by atoms with E-state index in [9.17, 15) is 9.59 Å². The third-order valence-electron chi connectivity index (χ3n) is 4.21. The van der Waals surface area contributed by atoms with Crippen molar-refractivity contribution in [1.29, 1.82) is 5.26 Å². The van der Waals surface area contributed by atoms with E-state index in [0.29, 0.717) is 11.3 Å². The summed E-state index contributed by atoms with van der Waals surface area (Å²) in [5.41, 5.74) is 2.32. The molecule has 1 heterocycles. The maximum Gasteiger partial charge on any atom is 0.253 e. The van der Waals surface area contributed by atoms with Crippen molar-refractivity contribution in [1.82, 2.24) is 15.6 Å². The van der Waals surface area contributed by atoms with Gasteiger partial charge in [-0.15, -0.1) is 0 Å². The highest BCUT2D eigenvalue weighted by Gasteiger charge is 2.21. The Morgan fingerprint density at radius 3 is 2.66 bits per heavy atom. The van der Waals surface area contributed by atoms with E-state index in [2.05, 4.69) is 15.6 Å². The molecule has 3 rings (SSSR count). The van der Waals surface area contributed by atoms with E-state index < -0.39 is 6.04 Å². The highest BCUT2D eigenvalue weighted by atomic mass is 32.2. The molecule has 7 heteroatoms. The molecule has 0 radical (unpaired) electrons. The molecule has 0 bridgehead atoms. The van der Waals surface area contributed by atoms with Crippen LogP contribution in [0, 0.1) is 11.3 Å². The van der Waals surface area contributed by atoms with Crippen molar-refractivity contribution in [2.75, 3.05) is 12.3 Å². The Morgan fingerprint density at radius 1 is 1.10 bits per heavy atom. The summed E-state index contributed by atoms with van der Waals surface area (Å²) in [7, 11) is 0. The average molecular weight is 404 g/mol. The number of hydrogen-bond donors (Lipinski definition) is 2. The van der Waals surface area contributed by atoms with Crippen LogP contribution in [0.3, 0.4) is 0 Å². The minimum Gasteiger partial charge on any atom is -0.341 e. The van der Waals surface area contributed by atoms with Crippen molar-refractivity contribution >= 4 is 34.5 Å². The van der Waals surface area contributed by atoms with E-state index in [1.54, 1.807) is 17.8 Å². The summed E-state index contributed by atoms with van der Waals surface area (Å²) in [6, 6.07) is 20.3. The number of aromatic nitrogens is 1. The van der Waals surface area contributed by atoms with Gasteiger partial charge in [0.15, 0.2) is 0 Å². The molecule has 1 aromatic heterocycles. The maximum atomic E-state index is 12.7. The van der Waals surface area contributed by atoms with E-state index >= 15 is 0 Å². The summed E-state index contributed by atoms with van der Waals surface area (Å²) in [5, 5.41) is 14.9. The molecule has 2 aromatic carbocycles. The molecule has 0 aliphatic carbocycles. The second-order valence-corrected chi connectivity index (χ2v) is 7.35. The van der Waals surface area contributed by atoms with Crippen LogP contribution in [0.1, 0.15) is 15.9 Å². The quantitative estimate of drug-likeness (QED) is 0.563. The fourth-order valence-electron chi connectivity index (χ4n) is 2.74. The predicted octanol–water partition coefficient (Wildman–Crippen LogP) is 2.91. The second kappa shape index (κ2) is 10.2. The smallest absolute Gasteiger partial charge is 0.253 e. The zero-order chi connectivity index (χ0) is 20.5. The number of pyridine rings is 1. The minimum absolute atomic E-state index is 0.105. The Bertz CT molecular complexity index is 1030. The highest BCUT2D eigenvalue weighted by molar-refractivity contribution is 7.98. The Balaban J connectivity index is 1.67. The lowest BCUT2D eigenvalue weighted by atomic mass is 10.1. The first-order chi connectivity index (χ1) is 14.2. The van der Waals surface area contributed by atoms with Gasteiger partial charge in [-0.05, 0) is 17.7 Å². The molecular weight excluding hydrogens is 384 g/mol. The van der Waals surface area contributed by atoms with Crippen molar-refractivity contribution in [2.45, 2.75) is 11.8 Å². The second-order valence-electron chi connectivity index (χ2n) is 6.32. The largest absolute Gasteiger partial charge is 0.341 e. The number of benzene rings is 2. The summed E-state index contributed by atoms with van der Waals surface area (Å²) in [6.45, 7) is -0.105. The van der Waals surface area contributed by atoms with Crippen molar-refractivity contribution in [3.05, 3.63) is 78.0 Å². The third kappa shape index (κ3) is 5.80. The van der Waals surface area contributed by atoms with Crippen LogP contribution in [0.15, 0.2) is 66.9 Å². The van der Waals surface area contributed by atoms with E-state index in [0.717, 1.165) is 22.2 Å². The maximum absolute atomic E-state index is 12.7. The van der Waals surface area contributed by atoms with Gasteiger partial charge in [0.25, 0.3) is 5.91 Å². The lowest BCUT2D eigenvalue weighted by Crippen LogP contribution is -2.48. The van der Waals surface area contributed by atoms with E-state index in [-0.39, 0.29) is 18.4 Å². The number of nitriles is 1. The molecule has 2 N–H and O–H groups in total. The van der Waals surface area contributed by atoms with Crippen molar-refractivity contribution in [3.63, 3.8) is 0 Å². The first kappa shape index (κ1) is 20.4. The Hall–Kier alpha value is -3.37. The molecule has 6 nitrogen and oxygen atoms in total. The van der Waals surface area contributed by atoms with Crippen molar-refractivity contribution in [3.8, 4) is 6.07 Å². The topological polar surface area (TPSA) is 94.9 Å². The monoisotopic (exact) mass is 404 g/mol. The number of hydrogen-bond acceptors (Lipinski definition) is 5. The fraction of sp³-hybridized carbons (Fsp3) is 0.182. The first-order valence-electron chi connectivity index (χ1n) is 9.09. The molecule has 0 saturated carbocycles. The summed E-state index contributed by atoms with van der Waals surface area (Å²) < 4.78 is 0. The third-order valence-corrected chi connectivity index (χ3v) is 5.32. The predicted molar refractivity (Wildman–Crippen MR) is 114 cm³/mol. The Morgan fingerprint density at radius 2 is 1.86 bits per heavy atom. The number of para-hydroxylation sites is 1. The Labute approximate surface area is 173 Å². The van der Waals surface area contributed by atoms with Gasteiger partial charge in [0.05, 0.1) is 17.1 Å². The van der Waals surface area contributed by atoms with Crippen LogP contribution in [-0.4, -0.2) is 35.1 Å². The number of nitrogens with zero attached hydrogens (tertiary/aromatic N) is 2. The van der Waals surface area contributed by atoms with Gasteiger partial charge in [0, 0.05) is 23.1 Å². The highest BCUT2D eigenvalue weighted by Crippen LogP contribution is 2.15. The molecule has 29 heavy (non-hydrogen) atoms. The standard InChI is InChI=1S/C22H20N4O2S/c23-10-11-24-22(28)20(15-29-14-16-6-2-1-3-7-16)26-21(27)18-12-17-8-4-5-9-19(17)25-13-18/h1-9,12-13,20H,11,14-15H2,(H,24,28)(H,26,27). The molecular formula is C22H20N4O2S. The first-order valence-corrected chi connectivity index (χ1v) is 10.2. The van der Waals surface area contributed by atoms with Crippen molar-refractivity contribution < 1.29 is 9.59 Å². The molecule has 3 aromatic rings. The van der Waals surface area contributed by atoms with Crippen LogP contribution < -0.4 is 10.6 Å². The van der Waals surface area contributed by atoms with Gasteiger partial charge in [-0.3, -0.25) is 14.6 Å². The Kier molecular flexibility index (Phi) is 7.20. The number of rotatable bonds is 8. The zero-order valence-electron chi connectivity index (χ0n) is 15.7. The van der Waals surface area contributed by atoms with Gasteiger partial charge < -0.3 is 10.6 Å². The van der Waals surface area contributed by atoms with Crippen LogP contribution in [0.25, 0.3) is 10.9 Å². The molecule has 0 spiro atoms. The molecule has 2 amide bonds.